The second kappa shape index (κ2) is 9.66. The van der Waals surface area contributed by atoms with Crippen LogP contribution in [-0.2, 0) is 6.61 Å². The predicted octanol–water partition coefficient (Wildman–Crippen LogP) is 6.71. The lowest BCUT2D eigenvalue weighted by molar-refractivity contribution is 0.137. The molecule has 2 fully saturated rings. The van der Waals surface area contributed by atoms with Crippen molar-refractivity contribution in [3.05, 3.63) is 101 Å². The second-order valence-electron chi connectivity index (χ2n) is 8.98. The van der Waals surface area contributed by atoms with Crippen LogP contribution < -0.4 is 4.74 Å². The second-order valence-corrected chi connectivity index (χ2v) is 9.42. The first-order chi connectivity index (χ1) is 15.7. The van der Waals surface area contributed by atoms with Crippen LogP contribution in [0.1, 0.15) is 60.9 Å². The van der Waals surface area contributed by atoms with E-state index in [1.807, 2.05) is 54.6 Å². The molecule has 1 N–H and O–H groups in total. The number of aliphatic hydroxyl groups is 1. The van der Waals surface area contributed by atoms with Crippen LogP contribution in [0.2, 0.25) is 5.02 Å². The Morgan fingerprint density at radius 2 is 1.56 bits per heavy atom. The van der Waals surface area contributed by atoms with Crippen LogP contribution in [0.15, 0.2) is 78.9 Å². The maximum atomic E-state index is 11.6. The molecule has 0 radical (unpaired) electrons. The van der Waals surface area contributed by atoms with Gasteiger partial charge in [-0.2, -0.15) is 0 Å². The third-order valence-electron chi connectivity index (χ3n) is 6.91. The van der Waals surface area contributed by atoms with Gasteiger partial charge in [0, 0.05) is 16.6 Å². The fourth-order valence-electron chi connectivity index (χ4n) is 5.26. The molecule has 0 amide bonds. The van der Waals surface area contributed by atoms with Crippen LogP contribution >= 0.6 is 11.6 Å². The maximum Gasteiger partial charge on any atom is 0.125 e. The Labute approximate surface area is 195 Å². The van der Waals surface area contributed by atoms with E-state index in [2.05, 4.69) is 29.2 Å². The van der Waals surface area contributed by atoms with E-state index in [1.165, 1.54) is 37.7 Å². The van der Waals surface area contributed by atoms with Crippen molar-refractivity contribution in [3.63, 3.8) is 0 Å². The first-order valence-electron chi connectivity index (χ1n) is 11.7. The molecule has 3 aromatic rings. The Kier molecular flexibility index (Phi) is 6.49. The molecule has 1 unspecified atom stereocenters. The van der Waals surface area contributed by atoms with Crippen LogP contribution in [0, 0.1) is 0 Å². The fraction of sp³-hybridized carbons (Fsp3) is 0.357. The van der Waals surface area contributed by atoms with Crippen LogP contribution in [-0.4, -0.2) is 22.1 Å². The predicted molar refractivity (Wildman–Crippen MR) is 129 cm³/mol. The number of nitrogens with zero attached hydrogens (tertiary/aromatic N) is 1. The Balaban J connectivity index is 1.39. The third-order valence-corrected chi connectivity index (χ3v) is 7.16. The Hall–Kier alpha value is -2.33. The van der Waals surface area contributed by atoms with Crippen LogP contribution in [0.5, 0.6) is 5.75 Å². The van der Waals surface area contributed by atoms with Gasteiger partial charge in [0.25, 0.3) is 0 Å². The maximum absolute atomic E-state index is 11.6. The molecule has 166 valence electrons. The molecule has 32 heavy (non-hydrogen) atoms. The van der Waals surface area contributed by atoms with Gasteiger partial charge < -0.3 is 9.84 Å². The summed E-state index contributed by atoms with van der Waals surface area (Å²) in [4.78, 5) is 2.53. The van der Waals surface area contributed by atoms with Crippen molar-refractivity contribution in [3.8, 4) is 5.75 Å². The highest BCUT2D eigenvalue weighted by Gasteiger charge is 2.56. The molecular formula is C28H30ClNO2. The highest BCUT2D eigenvalue weighted by molar-refractivity contribution is 6.30. The number of ether oxygens (including phenoxy) is 1. The van der Waals surface area contributed by atoms with Gasteiger partial charge in [0.2, 0.25) is 0 Å². The van der Waals surface area contributed by atoms with E-state index in [4.69, 9.17) is 16.3 Å². The van der Waals surface area contributed by atoms with Crippen molar-refractivity contribution < 1.29 is 9.84 Å². The third kappa shape index (κ3) is 4.56. The summed E-state index contributed by atoms with van der Waals surface area (Å²) in [5, 5.41) is 12.3. The minimum atomic E-state index is -0.607. The molecule has 4 heteroatoms. The van der Waals surface area contributed by atoms with Gasteiger partial charge in [-0.05, 0) is 42.2 Å². The first-order valence-corrected chi connectivity index (χ1v) is 12.1. The number of para-hydroxylation sites is 1. The number of halogens is 1. The van der Waals surface area contributed by atoms with Gasteiger partial charge in [-0.3, -0.25) is 4.90 Å². The Morgan fingerprint density at radius 3 is 2.31 bits per heavy atom. The molecule has 0 bridgehead atoms. The fourth-order valence-corrected chi connectivity index (χ4v) is 5.38. The first kappa shape index (κ1) is 21.5. The highest BCUT2D eigenvalue weighted by Crippen LogP contribution is 2.54. The van der Waals surface area contributed by atoms with Crippen LogP contribution in [0.25, 0.3) is 0 Å². The van der Waals surface area contributed by atoms with E-state index >= 15 is 0 Å². The number of aliphatic hydroxyl groups excluding tert-OH is 1. The molecular weight excluding hydrogens is 418 g/mol. The molecule has 2 aliphatic rings. The minimum absolute atomic E-state index is 0.0563. The Morgan fingerprint density at radius 1 is 0.875 bits per heavy atom. The normalized spacial score (nSPS) is 24.1. The van der Waals surface area contributed by atoms with E-state index in [9.17, 15) is 5.11 Å². The summed E-state index contributed by atoms with van der Waals surface area (Å²) >= 11 is 6.14. The molecule has 0 aromatic heterocycles. The summed E-state index contributed by atoms with van der Waals surface area (Å²) in [6, 6.07) is 27.0. The molecule has 1 heterocycles. The van der Waals surface area contributed by atoms with Crippen molar-refractivity contribution in [2.75, 3.05) is 0 Å². The van der Waals surface area contributed by atoms with Gasteiger partial charge in [-0.15, -0.1) is 0 Å². The number of benzene rings is 3. The molecule has 1 aliphatic heterocycles. The Bertz CT molecular complexity index is 1020. The summed E-state index contributed by atoms with van der Waals surface area (Å²) in [7, 11) is 0. The van der Waals surface area contributed by atoms with Crippen molar-refractivity contribution in [1.29, 1.82) is 0 Å². The van der Waals surface area contributed by atoms with Crippen LogP contribution in [0.3, 0.4) is 0 Å². The highest BCUT2D eigenvalue weighted by atomic mass is 35.5. The van der Waals surface area contributed by atoms with E-state index < -0.39 is 6.10 Å². The molecule has 3 aromatic carbocycles. The van der Waals surface area contributed by atoms with Crippen LogP contribution in [0.4, 0.5) is 0 Å². The molecule has 5 rings (SSSR count). The smallest absolute Gasteiger partial charge is 0.125 e. The number of hydrogen-bond acceptors (Lipinski definition) is 3. The zero-order chi connectivity index (χ0) is 21.9. The average Bonchev–Trinajstić information content (AvgIpc) is 3.60. The topological polar surface area (TPSA) is 32.5 Å². The van der Waals surface area contributed by atoms with E-state index in [-0.39, 0.29) is 12.1 Å². The summed E-state index contributed by atoms with van der Waals surface area (Å²) in [5.74, 6) is 0.759. The summed E-state index contributed by atoms with van der Waals surface area (Å²) in [5.41, 5.74) is 3.21. The van der Waals surface area contributed by atoms with Crippen molar-refractivity contribution in [1.82, 2.24) is 4.90 Å². The van der Waals surface area contributed by atoms with Gasteiger partial charge in [0.05, 0.1) is 18.2 Å². The van der Waals surface area contributed by atoms with E-state index in [0.717, 1.165) is 21.9 Å². The lowest BCUT2D eigenvalue weighted by Crippen LogP contribution is -2.25. The van der Waals surface area contributed by atoms with Gasteiger partial charge >= 0.3 is 0 Å². The SMILES string of the molecule is O[C@H](c1ccccc1OCc1ccccc1)[C@H]1[C@H](c2ccc(Cl)cc2)N1C1CCCCC1. The lowest BCUT2D eigenvalue weighted by Gasteiger charge is -2.25. The summed E-state index contributed by atoms with van der Waals surface area (Å²) in [6.07, 6.45) is 5.67. The quantitative estimate of drug-likeness (QED) is 0.408. The monoisotopic (exact) mass is 447 g/mol. The van der Waals surface area contributed by atoms with Crippen molar-refractivity contribution >= 4 is 11.6 Å². The molecule has 3 nitrogen and oxygen atoms in total. The lowest BCUT2D eigenvalue weighted by atomic mass is 9.95. The largest absolute Gasteiger partial charge is 0.489 e. The zero-order valence-electron chi connectivity index (χ0n) is 18.2. The molecule has 0 spiro atoms. The van der Waals surface area contributed by atoms with Crippen molar-refractivity contribution in [2.24, 2.45) is 0 Å². The zero-order valence-corrected chi connectivity index (χ0v) is 19.0. The average molecular weight is 448 g/mol. The van der Waals surface area contributed by atoms with Crippen molar-refractivity contribution in [2.45, 2.75) is 62.9 Å². The van der Waals surface area contributed by atoms with E-state index in [1.54, 1.807) is 0 Å². The molecule has 1 aliphatic carbocycles. The van der Waals surface area contributed by atoms with Gasteiger partial charge in [0.15, 0.2) is 0 Å². The van der Waals surface area contributed by atoms with Gasteiger partial charge in [0.1, 0.15) is 12.4 Å². The van der Waals surface area contributed by atoms with Gasteiger partial charge in [-0.25, -0.2) is 0 Å². The summed E-state index contributed by atoms with van der Waals surface area (Å²) in [6.45, 7) is 0.488. The number of hydrogen-bond donors (Lipinski definition) is 1. The van der Waals surface area contributed by atoms with Gasteiger partial charge in [-0.1, -0.05) is 91.5 Å². The minimum Gasteiger partial charge on any atom is -0.489 e. The molecule has 1 saturated carbocycles. The standard InChI is InChI=1S/C28H30ClNO2/c29-22-17-15-21(16-18-22)26-27(30(26)23-11-5-2-6-12-23)28(31)24-13-7-8-14-25(24)32-19-20-9-3-1-4-10-20/h1,3-4,7-10,13-18,23,26-28,31H,2,5-6,11-12,19H2/t26-,27+,28+,30?/m0/s1. The van der Waals surface area contributed by atoms with E-state index in [0.29, 0.717) is 12.6 Å². The number of rotatable bonds is 7. The molecule has 4 atom stereocenters. The molecule has 1 saturated heterocycles. The summed E-state index contributed by atoms with van der Waals surface area (Å²) < 4.78 is 6.16.